The number of carbonyl (C=O) groups is 1. The second-order valence-electron chi connectivity index (χ2n) is 8.50. The van der Waals surface area contributed by atoms with Gasteiger partial charge < -0.3 is 15.0 Å². The third-order valence-corrected chi connectivity index (χ3v) is 6.51. The van der Waals surface area contributed by atoms with E-state index in [1.54, 1.807) is 6.07 Å². The van der Waals surface area contributed by atoms with E-state index in [1.165, 1.54) is 18.7 Å². The molecule has 30 heavy (non-hydrogen) atoms. The molecule has 2 aromatic rings. The Bertz CT molecular complexity index is 1030. The number of pyridine rings is 1. The highest BCUT2D eigenvalue weighted by Crippen LogP contribution is 2.35. The number of hydrogen-bond donors (Lipinski definition) is 2. The lowest BCUT2D eigenvalue weighted by atomic mass is 9.94. The van der Waals surface area contributed by atoms with Gasteiger partial charge in [0, 0.05) is 24.3 Å². The molecule has 2 saturated carbocycles. The predicted octanol–water partition coefficient (Wildman–Crippen LogP) is 4.86. The van der Waals surface area contributed by atoms with Crippen LogP contribution in [-0.4, -0.2) is 26.6 Å². The Labute approximate surface area is 174 Å². The molecule has 0 radical (unpaired) electrons. The molecule has 2 aliphatic rings. The highest BCUT2D eigenvalue weighted by Gasteiger charge is 2.26. The third-order valence-electron chi connectivity index (χ3n) is 6.51. The van der Waals surface area contributed by atoms with E-state index in [9.17, 15) is 24.8 Å². The number of nitro groups is 1. The number of aromatic nitrogens is 1. The van der Waals surface area contributed by atoms with Gasteiger partial charge in [-0.05, 0) is 31.7 Å². The minimum Gasteiger partial charge on any atom is -0.477 e. The van der Waals surface area contributed by atoms with Crippen LogP contribution >= 0.6 is 0 Å². The number of anilines is 1. The first kappa shape index (κ1) is 20.4. The van der Waals surface area contributed by atoms with E-state index in [4.69, 9.17) is 0 Å². The normalized spacial score (nSPS) is 18.4. The number of hydrogen-bond acceptors (Lipinski definition) is 5. The number of nitrogens with one attached hydrogen (secondary N) is 1. The van der Waals surface area contributed by atoms with Crippen LogP contribution in [-0.2, 0) is 0 Å². The number of rotatable bonds is 5. The van der Waals surface area contributed by atoms with Crippen LogP contribution in [0.25, 0.3) is 10.9 Å². The van der Waals surface area contributed by atoms with Crippen LogP contribution in [0.2, 0.25) is 0 Å². The van der Waals surface area contributed by atoms with Crippen molar-refractivity contribution in [1.29, 1.82) is 0 Å². The molecule has 0 saturated heterocycles. The van der Waals surface area contributed by atoms with E-state index < -0.39 is 16.3 Å². The maximum atomic E-state index is 12.8. The highest BCUT2D eigenvalue weighted by molar-refractivity contribution is 5.95. The van der Waals surface area contributed by atoms with Gasteiger partial charge in [-0.25, -0.2) is 4.79 Å². The standard InChI is InChI=1S/C22H27N3O5/c26-21-16-11-20(25(29)30)18(23-14-7-3-1-4-8-14)12-19(16)24(13-17(21)22(27)28)15-9-5-2-6-10-15/h11-15,23H,1-10H2,(H,27,28). The van der Waals surface area contributed by atoms with Crippen molar-refractivity contribution < 1.29 is 14.8 Å². The van der Waals surface area contributed by atoms with Gasteiger partial charge in [-0.1, -0.05) is 38.5 Å². The van der Waals surface area contributed by atoms with Crippen LogP contribution in [0.4, 0.5) is 11.4 Å². The van der Waals surface area contributed by atoms with E-state index in [-0.39, 0.29) is 28.7 Å². The van der Waals surface area contributed by atoms with E-state index in [0.29, 0.717) is 11.2 Å². The quantitative estimate of drug-likeness (QED) is 0.534. The fourth-order valence-corrected chi connectivity index (χ4v) is 4.93. The smallest absolute Gasteiger partial charge is 0.341 e. The summed E-state index contributed by atoms with van der Waals surface area (Å²) >= 11 is 0. The van der Waals surface area contributed by atoms with Crippen molar-refractivity contribution in [3.8, 4) is 0 Å². The number of nitro benzene ring substituents is 1. The van der Waals surface area contributed by atoms with Gasteiger partial charge in [-0.2, -0.15) is 0 Å². The molecule has 2 N–H and O–H groups in total. The van der Waals surface area contributed by atoms with Gasteiger partial charge in [0.05, 0.1) is 15.8 Å². The average molecular weight is 413 g/mol. The Balaban J connectivity index is 1.90. The number of carboxylic acids is 1. The molecule has 2 fully saturated rings. The first-order chi connectivity index (χ1) is 14.5. The van der Waals surface area contributed by atoms with Gasteiger partial charge in [0.2, 0.25) is 5.43 Å². The molecule has 0 atom stereocenters. The molecule has 1 aromatic carbocycles. The van der Waals surface area contributed by atoms with Crippen molar-refractivity contribution in [2.75, 3.05) is 5.32 Å². The number of benzene rings is 1. The molecule has 1 aromatic heterocycles. The molecule has 8 heteroatoms. The lowest BCUT2D eigenvalue weighted by Crippen LogP contribution is -2.24. The SMILES string of the molecule is O=C(O)c1cn(C2CCCCC2)c2cc(NC3CCCCC3)c([N+](=O)[O-])cc2c1=O. The summed E-state index contributed by atoms with van der Waals surface area (Å²) in [5.74, 6) is -1.31. The Hall–Kier alpha value is -2.90. The molecule has 1 heterocycles. The van der Waals surface area contributed by atoms with E-state index in [0.717, 1.165) is 57.8 Å². The van der Waals surface area contributed by atoms with Gasteiger partial charge in [0.1, 0.15) is 11.3 Å². The van der Waals surface area contributed by atoms with Gasteiger partial charge >= 0.3 is 5.97 Å². The number of nitrogens with zero attached hydrogens (tertiary/aromatic N) is 2. The van der Waals surface area contributed by atoms with E-state index in [2.05, 4.69) is 5.32 Å². The molecule has 0 aliphatic heterocycles. The molecule has 0 unspecified atom stereocenters. The summed E-state index contributed by atoms with van der Waals surface area (Å²) in [6.45, 7) is 0. The minimum atomic E-state index is -1.31. The van der Waals surface area contributed by atoms with Crippen LogP contribution < -0.4 is 10.7 Å². The van der Waals surface area contributed by atoms with Crippen LogP contribution in [0.5, 0.6) is 0 Å². The van der Waals surface area contributed by atoms with Crippen molar-refractivity contribution in [2.24, 2.45) is 0 Å². The summed E-state index contributed by atoms with van der Waals surface area (Å²) in [4.78, 5) is 35.8. The Kier molecular flexibility index (Phi) is 5.74. The third kappa shape index (κ3) is 3.91. The van der Waals surface area contributed by atoms with Gasteiger partial charge in [0.25, 0.3) is 5.69 Å². The Morgan fingerprint density at radius 3 is 2.30 bits per heavy atom. The van der Waals surface area contributed by atoms with E-state index in [1.807, 2.05) is 4.57 Å². The summed E-state index contributed by atoms with van der Waals surface area (Å²) in [5, 5.41) is 24.7. The van der Waals surface area contributed by atoms with Crippen LogP contribution in [0.3, 0.4) is 0 Å². The fourth-order valence-electron chi connectivity index (χ4n) is 4.93. The molecule has 0 bridgehead atoms. The van der Waals surface area contributed by atoms with Crippen molar-refractivity contribution >= 4 is 28.2 Å². The number of fused-ring (bicyclic) bond motifs is 1. The lowest BCUT2D eigenvalue weighted by Gasteiger charge is -2.27. The maximum absolute atomic E-state index is 12.8. The monoisotopic (exact) mass is 413 g/mol. The first-order valence-corrected chi connectivity index (χ1v) is 10.8. The molecule has 0 amide bonds. The summed E-state index contributed by atoms with van der Waals surface area (Å²) in [6.07, 6.45) is 11.7. The number of aromatic carboxylic acids is 1. The van der Waals surface area contributed by atoms with Crippen LogP contribution in [0, 0.1) is 10.1 Å². The molecule has 8 nitrogen and oxygen atoms in total. The summed E-state index contributed by atoms with van der Waals surface area (Å²) in [6, 6.07) is 3.20. The molecule has 4 rings (SSSR count). The zero-order valence-electron chi connectivity index (χ0n) is 16.9. The first-order valence-electron chi connectivity index (χ1n) is 10.8. The van der Waals surface area contributed by atoms with Crippen molar-refractivity contribution in [2.45, 2.75) is 76.3 Å². The Morgan fingerprint density at radius 1 is 1.07 bits per heavy atom. The summed E-state index contributed by atoms with van der Waals surface area (Å²) < 4.78 is 1.87. The van der Waals surface area contributed by atoms with Crippen molar-refractivity contribution in [3.63, 3.8) is 0 Å². The topological polar surface area (TPSA) is 114 Å². The highest BCUT2D eigenvalue weighted by atomic mass is 16.6. The summed E-state index contributed by atoms with van der Waals surface area (Å²) in [5.41, 5.74) is -0.206. The van der Waals surface area contributed by atoms with Crippen molar-refractivity contribution in [1.82, 2.24) is 4.57 Å². The lowest BCUT2D eigenvalue weighted by molar-refractivity contribution is -0.383. The molecular formula is C22H27N3O5. The second kappa shape index (κ2) is 8.45. The zero-order chi connectivity index (χ0) is 21.3. The van der Waals surface area contributed by atoms with Gasteiger partial charge in [-0.3, -0.25) is 14.9 Å². The summed E-state index contributed by atoms with van der Waals surface area (Å²) in [7, 11) is 0. The largest absolute Gasteiger partial charge is 0.477 e. The average Bonchev–Trinajstić information content (AvgIpc) is 2.74. The van der Waals surface area contributed by atoms with Crippen LogP contribution in [0.15, 0.2) is 23.1 Å². The minimum absolute atomic E-state index is 0.0870. The van der Waals surface area contributed by atoms with Crippen LogP contribution in [0.1, 0.15) is 80.6 Å². The number of carboxylic acid groups (broad SMARTS) is 1. The maximum Gasteiger partial charge on any atom is 0.341 e. The van der Waals surface area contributed by atoms with Crippen molar-refractivity contribution in [3.05, 3.63) is 44.2 Å². The second-order valence-corrected chi connectivity index (χ2v) is 8.50. The van der Waals surface area contributed by atoms with E-state index >= 15 is 0 Å². The molecule has 2 aliphatic carbocycles. The molecular weight excluding hydrogens is 386 g/mol. The Morgan fingerprint density at radius 2 is 1.70 bits per heavy atom. The van der Waals surface area contributed by atoms with Gasteiger partial charge in [-0.15, -0.1) is 0 Å². The van der Waals surface area contributed by atoms with Gasteiger partial charge in [0.15, 0.2) is 0 Å². The predicted molar refractivity (Wildman–Crippen MR) is 114 cm³/mol. The zero-order valence-corrected chi connectivity index (χ0v) is 16.9. The molecule has 0 spiro atoms. The fraction of sp³-hybridized carbons (Fsp3) is 0.545. The molecule has 160 valence electrons.